The van der Waals surface area contributed by atoms with Gasteiger partial charge in [0.2, 0.25) is 0 Å². The lowest BCUT2D eigenvalue weighted by molar-refractivity contribution is -0.145. The smallest absolute Gasteiger partial charge is 0.309 e. The standard InChI is InChI=1S/C12H12O3/c1-15-12(14)9-6-8-4-2-3-5-10(8)11(13)7-9/h2-5,9H,6-7H2,1H3. The Hall–Kier alpha value is -1.64. The number of benzene rings is 1. The van der Waals surface area contributed by atoms with Crippen molar-refractivity contribution >= 4 is 11.8 Å². The van der Waals surface area contributed by atoms with Crippen molar-refractivity contribution in [1.82, 2.24) is 0 Å². The quantitative estimate of drug-likeness (QED) is 0.653. The molecule has 1 unspecified atom stereocenters. The van der Waals surface area contributed by atoms with Crippen molar-refractivity contribution in [3.8, 4) is 0 Å². The molecule has 0 N–H and O–H groups in total. The van der Waals surface area contributed by atoms with Gasteiger partial charge in [0, 0.05) is 12.0 Å². The summed E-state index contributed by atoms with van der Waals surface area (Å²) in [6.07, 6.45) is 0.873. The largest absolute Gasteiger partial charge is 0.469 e. The molecule has 1 aliphatic rings. The number of ketones is 1. The second-order valence-corrected chi connectivity index (χ2v) is 3.71. The molecule has 0 fully saturated rings. The number of methoxy groups -OCH3 is 1. The van der Waals surface area contributed by atoms with Gasteiger partial charge in [0.15, 0.2) is 5.78 Å². The molecule has 0 aliphatic heterocycles. The van der Waals surface area contributed by atoms with Crippen molar-refractivity contribution in [1.29, 1.82) is 0 Å². The van der Waals surface area contributed by atoms with Gasteiger partial charge in [0.05, 0.1) is 13.0 Å². The van der Waals surface area contributed by atoms with Crippen molar-refractivity contribution in [2.45, 2.75) is 12.8 Å². The van der Waals surface area contributed by atoms with E-state index in [2.05, 4.69) is 4.74 Å². The maximum atomic E-state index is 11.7. The van der Waals surface area contributed by atoms with Gasteiger partial charge in [-0.1, -0.05) is 24.3 Å². The van der Waals surface area contributed by atoms with Crippen LogP contribution in [0.2, 0.25) is 0 Å². The molecule has 1 aliphatic carbocycles. The molecular formula is C12H12O3. The minimum atomic E-state index is -0.308. The Kier molecular flexibility index (Phi) is 2.54. The van der Waals surface area contributed by atoms with Crippen molar-refractivity contribution < 1.29 is 14.3 Å². The molecule has 0 saturated carbocycles. The third kappa shape index (κ3) is 1.77. The first kappa shape index (κ1) is 9.90. The molecule has 1 atom stereocenters. The fraction of sp³-hybridized carbons (Fsp3) is 0.333. The van der Waals surface area contributed by atoms with Crippen LogP contribution in [0, 0.1) is 5.92 Å². The number of hydrogen-bond donors (Lipinski definition) is 0. The highest BCUT2D eigenvalue weighted by atomic mass is 16.5. The highest BCUT2D eigenvalue weighted by Gasteiger charge is 2.29. The molecule has 3 nitrogen and oxygen atoms in total. The third-order valence-corrected chi connectivity index (χ3v) is 2.75. The van der Waals surface area contributed by atoms with Gasteiger partial charge in [0.1, 0.15) is 0 Å². The number of esters is 1. The highest BCUT2D eigenvalue weighted by Crippen LogP contribution is 2.25. The van der Waals surface area contributed by atoms with Crippen molar-refractivity contribution in [3.63, 3.8) is 0 Å². The van der Waals surface area contributed by atoms with Gasteiger partial charge < -0.3 is 4.74 Å². The first-order valence-corrected chi connectivity index (χ1v) is 4.91. The predicted octanol–water partition coefficient (Wildman–Crippen LogP) is 1.60. The molecule has 2 rings (SSSR count). The second kappa shape index (κ2) is 3.85. The Morgan fingerprint density at radius 2 is 2.07 bits per heavy atom. The molecule has 0 bridgehead atoms. The lowest BCUT2D eigenvalue weighted by atomic mass is 9.83. The van der Waals surface area contributed by atoms with Crippen LogP contribution in [0.3, 0.4) is 0 Å². The van der Waals surface area contributed by atoms with Crippen LogP contribution in [0.5, 0.6) is 0 Å². The highest BCUT2D eigenvalue weighted by molar-refractivity contribution is 6.01. The van der Waals surface area contributed by atoms with Gasteiger partial charge >= 0.3 is 5.97 Å². The number of Topliss-reactive ketones (excluding diaryl/α,β-unsaturated/α-hetero) is 1. The molecule has 0 amide bonds. The molecule has 0 heterocycles. The average molecular weight is 204 g/mol. The molecule has 1 aromatic rings. The molecule has 78 valence electrons. The molecule has 1 aromatic carbocycles. The Morgan fingerprint density at radius 3 is 2.80 bits per heavy atom. The number of carbonyl (C=O) groups excluding carboxylic acids is 2. The maximum absolute atomic E-state index is 11.7. The molecule has 3 heteroatoms. The first-order chi connectivity index (χ1) is 7.22. The van der Waals surface area contributed by atoms with E-state index in [1.807, 2.05) is 24.3 Å². The van der Waals surface area contributed by atoms with E-state index in [1.54, 1.807) is 0 Å². The average Bonchev–Trinajstić information content (AvgIpc) is 2.28. The van der Waals surface area contributed by atoms with Crippen LogP contribution in [0.25, 0.3) is 0 Å². The Morgan fingerprint density at radius 1 is 1.33 bits per heavy atom. The van der Waals surface area contributed by atoms with E-state index >= 15 is 0 Å². The van der Waals surface area contributed by atoms with Gasteiger partial charge in [-0.15, -0.1) is 0 Å². The van der Waals surface area contributed by atoms with Gasteiger partial charge in [-0.05, 0) is 12.0 Å². The Labute approximate surface area is 88.1 Å². The van der Waals surface area contributed by atoms with Crippen LogP contribution >= 0.6 is 0 Å². The van der Waals surface area contributed by atoms with Crippen molar-refractivity contribution in [3.05, 3.63) is 35.4 Å². The number of rotatable bonds is 1. The van der Waals surface area contributed by atoms with Gasteiger partial charge in [-0.2, -0.15) is 0 Å². The van der Waals surface area contributed by atoms with Crippen LogP contribution in [0.15, 0.2) is 24.3 Å². The topological polar surface area (TPSA) is 43.4 Å². The molecule has 15 heavy (non-hydrogen) atoms. The molecule has 0 saturated heterocycles. The van der Waals surface area contributed by atoms with Crippen LogP contribution < -0.4 is 0 Å². The zero-order chi connectivity index (χ0) is 10.8. The summed E-state index contributed by atoms with van der Waals surface area (Å²) >= 11 is 0. The molecule has 0 radical (unpaired) electrons. The normalized spacial score (nSPS) is 19.5. The summed E-state index contributed by atoms with van der Waals surface area (Å²) in [4.78, 5) is 23.1. The zero-order valence-electron chi connectivity index (χ0n) is 8.53. The number of fused-ring (bicyclic) bond motifs is 1. The predicted molar refractivity (Wildman–Crippen MR) is 54.6 cm³/mol. The lowest BCUT2D eigenvalue weighted by Crippen LogP contribution is -2.27. The van der Waals surface area contributed by atoms with Crippen LogP contribution in [-0.4, -0.2) is 18.9 Å². The SMILES string of the molecule is COC(=O)C1CC(=O)c2ccccc2C1. The van der Waals surface area contributed by atoms with E-state index in [1.165, 1.54) is 7.11 Å². The van der Waals surface area contributed by atoms with E-state index in [9.17, 15) is 9.59 Å². The van der Waals surface area contributed by atoms with E-state index in [0.29, 0.717) is 6.42 Å². The summed E-state index contributed by atoms with van der Waals surface area (Å²) in [6, 6.07) is 7.43. The fourth-order valence-corrected chi connectivity index (χ4v) is 1.98. The van der Waals surface area contributed by atoms with Crippen LogP contribution in [-0.2, 0) is 16.0 Å². The molecule has 0 aromatic heterocycles. The van der Waals surface area contributed by atoms with E-state index in [0.717, 1.165) is 11.1 Å². The van der Waals surface area contributed by atoms with E-state index in [4.69, 9.17) is 0 Å². The minimum absolute atomic E-state index is 0.0345. The van der Waals surface area contributed by atoms with Gasteiger partial charge in [-0.25, -0.2) is 0 Å². The fourth-order valence-electron chi connectivity index (χ4n) is 1.98. The summed E-state index contributed by atoms with van der Waals surface area (Å²) in [5.74, 6) is -0.567. The van der Waals surface area contributed by atoms with Crippen molar-refractivity contribution in [2.75, 3.05) is 7.11 Å². The maximum Gasteiger partial charge on any atom is 0.309 e. The monoisotopic (exact) mass is 204 g/mol. The third-order valence-electron chi connectivity index (χ3n) is 2.75. The van der Waals surface area contributed by atoms with Crippen LogP contribution in [0.1, 0.15) is 22.3 Å². The van der Waals surface area contributed by atoms with Gasteiger partial charge in [-0.3, -0.25) is 9.59 Å². The zero-order valence-corrected chi connectivity index (χ0v) is 8.53. The van der Waals surface area contributed by atoms with Crippen molar-refractivity contribution in [2.24, 2.45) is 5.92 Å². The number of hydrogen-bond acceptors (Lipinski definition) is 3. The van der Waals surface area contributed by atoms with Crippen LogP contribution in [0.4, 0.5) is 0 Å². The Bertz CT molecular complexity index is 409. The first-order valence-electron chi connectivity index (χ1n) is 4.91. The molecule has 0 spiro atoms. The second-order valence-electron chi connectivity index (χ2n) is 3.71. The Balaban J connectivity index is 2.30. The minimum Gasteiger partial charge on any atom is -0.469 e. The lowest BCUT2D eigenvalue weighted by Gasteiger charge is -2.21. The summed E-state index contributed by atoms with van der Waals surface area (Å²) in [7, 11) is 1.35. The summed E-state index contributed by atoms with van der Waals surface area (Å²) in [5.41, 5.74) is 1.70. The van der Waals surface area contributed by atoms with Gasteiger partial charge in [0.25, 0.3) is 0 Å². The number of ether oxygens (including phenoxy) is 1. The summed E-state index contributed by atoms with van der Waals surface area (Å²) in [5, 5.41) is 0. The summed E-state index contributed by atoms with van der Waals surface area (Å²) < 4.78 is 4.66. The number of carbonyl (C=O) groups is 2. The van der Waals surface area contributed by atoms with E-state index < -0.39 is 0 Å². The summed E-state index contributed by atoms with van der Waals surface area (Å²) in [6.45, 7) is 0. The molecular weight excluding hydrogens is 192 g/mol. The van der Waals surface area contributed by atoms with E-state index in [-0.39, 0.29) is 24.1 Å².